The number of hydrogen-bond acceptors (Lipinski definition) is 0. The topological polar surface area (TPSA) is 126 Å². The van der Waals surface area contributed by atoms with Gasteiger partial charge in [-0.25, -0.2) is 0 Å². The van der Waals surface area contributed by atoms with Gasteiger partial charge in [0, 0.05) is 147 Å². The second-order valence-electron chi connectivity index (χ2n) is 0. The first-order valence-corrected chi connectivity index (χ1v) is 0. The van der Waals surface area contributed by atoms with Crippen molar-refractivity contribution in [3.63, 3.8) is 0 Å². The zero-order chi connectivity index (χ0) is 0. The minimum Gasteiger partial charge on any atom is -0.412 e. The molecule has 0 saturated heterocycles. The minimum atomic E-state index is 0. The van der Waals surface area contributed by atoms with E-state index in [9.17, 15) is 0 Å². The Hall–Kier alpha value is 4.66. The maximum atomic E-state index is 0. The van der Waals surface area contributed by atoms with Crippen LogP contribution in [0.3, 0.4) is 0 Å². The average molecular weight is 744 g/mol. The van der Waals surface area contributed by atoms with Crippen molar-refractivity contribution in [2.75, 3.05) is 0 Å². The molecular weight excluding hydrogens is 736 g/mol. The summed E-state index contributed by atoms with van der Waals surface area (Å²) in [5, 5.41) is 0. The molecule has 0 heterocycles. The van der Waals surface area contributed by atoms with Crippen molar-refractivity contribution in [3.8, 4) is 0 Å². The van der Waals surface area contributed by atoms with Crippen molar-refractivity contribution in [2.24, 2.45) is 0 Å². The zero-order valence-corrected chi connectivity index (χ0v) is 18.9. The van der Waals surface area contributed by atoms with Gasteiger partial charge in [-0.2, -0.15) is 0 Å². The molecule has 0 unspecified atom stereocenters. The quantitative estimate of drug-likeness (QED) is 0.231. The van der Waals surface area contributed by atoms with E-state index in [4.69, 9.17) is 0 Å². The summed E-state index contributed by atoms with van der Waals surface area (Å²) < 4.78 is 0. The first kappa shape index (κ1) is 155. The van der Waals surface area contributed by atoms with Crippen molar-refractivity contribution in [1.82, 2.24) is 0 Å². The molecule has 0 aliphatic carbocycles. The second kappa shape index (κ2) is 126. The van der Waals surface area contributed by atoms with Crippen LogP contribution in [0.15, 0.2) is 0 Å². The minimum absolute atomic E-state index is 0. The van der Waals surface area contributed by atoms with E-state index in [1.807, 2.05) is 0 Å². The molecule has 0 fully saturated rings. The van der Waals surface area contributed by atoms with Crippen LogP contribution in [0, 0.1) is 0 Å². The number of rotatable bonds is 0. The Kier molecular flexibility index (Phi) is 1780. The summed E-state index contributed by atoms with van der Waals surface area (Å²) in [6.07, 6.45) is 0. The molecule has 0 bridgehead atoms. The van der Waals surface area contributed by atoms with Crippen LogP contribution >= 0.6 is 0 Å². The molecule has 0 radical (unpaired) electrons. The molecule has 11 heavy (non-hydrogen) atoms. The van der Waals surface area contributed by atoms with E-state index in [-0.39, 0.29) is 169 Å². The van der Waals surface area contributed by atoms with Gasteiger partial charge in [-0.05, 0) is 0 Å². The normalized spacial score (nSPS) is 0. The van der Waals surface area contributed by atoms with E-state index in [0.717, 1.165) is 0 Å². The molecule has 0 spiro atoms. The Morgan fingerprint density at radius 2 is 0.182 bits per heavy atom. The number of hydrogen-bond donors (Lipinski definition) is 0. The molecule has 0 aliphatic heterocycles. The van der Waals surface area contributed by atoms with Crippen molar-refractivity contribution >= 4 is 0 Å². The third-order valence-corrected chi connectivity index (χ3v) is 0. The van der Waals surface area contributed by atoms with Crippen molar-refractivity contribution in [1.29, 1.82) is 0 Å². The monoisotopic (exact) mass is 757 g/mol. The van der Waals surface area contributed by atoms with Crippen LogP contribution in [0.1, 0.15) is 0 Å². The Morgan fingerprint density at radius 1 is 0.182 bits per heavy atom. The Morgan fingerprint density at radius 3 is 0.182 bits per heavy atom. The predicted molar refractivity (Wildman–Crippen MR) is 14.5 cm³/mol. The smallest absolute Gasteiger partial charge is 0 e. The van der Waals surface area contributed by atoms with E-state index in [1.54, 1.807) is 0 Å². The first-order chi connectivity index (χ1) is 0. The van der Waals surface area contributed by atoms with Gasteiger partial charge in [0.25, 0.3) is 0 Å². The standard InChI is InChI=1S/7Mo.4H2O/h;;;;;;;4*1H2. The molecule has 0 aromatic carbocycles. The Labute approximate surface area is 166 Å². The maximum absolute atomic E-state index is 0. The van der Waals surface area contributed by atoms with Crippen molar-refractivity contribution < 1.29 is 169 Å². The first-order valence-electron chi connectivity index (χ1n) is 0. The molecule has 11 heteroatoms. The van der Waals surface area contributed by atoms with Crippen molar-refractivity contribution in [3.05, 3.63) is 0 Å². The van der Waals surface area contributed by atoms with Crippen LogP contribution in [-0.4, -0.2) is 21.9 Å². The van der Waals surface area contributed by atoms with Gasteiger partial charge in [0.15, 0.2) is 0 Å². The van der Waals surface area contributed by atoms with E-state index < -0.39 is 0 Å². The molecular formula is H8Mo7O4. The molecule has 0 amide bonds. The van der Waals surface area contributed by atoms with E-state index in [1.165, 1.54) is 0 Å². The predicted octanol–water partition coefficient (Wildman–Crippen LogP) is -3.32. The summed E-state index contributed by atoms with van der Waals surface area (Å²) in [6, 6.07) is 0. The molecule has 8 N–H and O–H groups in total. The van der Waals surface area contributed by atoms with E-state index in [2.05, 4.69) is 0 Å². The van der Waals surface area contributed by atoms with Gasteiger partial charge in [-0.1, -0.05) is 0 Å². The van der Waals surface area contributed by atoms with Crippen LogP contribution < -0.4 is 0 Å². The van der Waals surface area contributed by atoms with Crippen LogP contribution in [0.5, 0.6) is 0 Å². The van der Waals surface area contributed by atoms with Gasteiger partial charge < -0.3 is 21.9 Å². The second-order valence-corrected chi connectivity index (χ2v) is 0. The molecule has 0 atom stereocenters. The van der Waals surface area contributed by atoms with Gasteiger partial charge >= 0.3 is 0 Å². The summed E-state index contributed by atoms with van der Waals surface area (Å²) in [6.45, 7) is 0. The van der Waals surface area contributed by atoms with Gasteiger partial charge in [-0.3, -0.25) is 0 Å². The SMILES string of the molecule is O.O.O.O.[Mo].[Mo].[Mo].[Mo].[Mo].[Mo].[Mo]. The summed E-state index contributed by atoms with van der Waals surface area (Å²) >= 11 is 0. The molecule has 0 aromatic rings. The Balaban J connectivity index is 0. The zero-order valence-electron chi connectivity index (χ0n) is 4.86. The molecule has 0 rings (SSSR count). The Bertz CT molecular complexity index is 10.4. The fourth-order valence-electron chi connectivity index (χ4n) is 0. The van der Waals surface area contributed by atoms with Gasteiger partial charge in [0.1, 0.15) is 0 Å². The summed E-state index contributed by atoms with van der Waals surface area (Å²) in [5.74, 6) is 0. The fourth-order valence-corrected chi connectivity index (χ4v) is 0. The van der Waals surface area contributed by atoms with Crippen LogP contribution in [0.2, 0.25) is 0 Å². The maximum Gasteiger partial charge on any atom is 0 e. The largest absolute Gasteiger partial charge is 0.412 e. The summed E-state index contributed by atoms with van der Waals surface area (Å²) in [7, 11) is 0. The molecule has 0 aliphatic rings. The van der Waals surface area contributed by atoms with Gasteiger partial charge in [0.2, 0.25) is 0 Å². The molecule has 74 valence electrons. The summed E-state index contributed by atoms with van der Waals surface area (Å²) in [4.78, 5) is 0. The van der Waals surface area contributed by atoms with E-state index >= 15 is 0 Å². The van der Waals surface area contributed by atoms with Gasteiger partial charge in [-0.15, -0.1) is 0 Å². The molecule has 0 aromatic heterocycles. The molecule has 4 nitrogen and oxygen atoms in total. The van der Waals surface area contributed by atoms with Crippen molar-refractivity contribution in [2.45, 2.75) is 0 Å². The van der Waals surface area contributed by atoms with Crippen LogP contribution in [0.25, 0.3) is 0 Å². The van der Waals surface area contributed by atoms with Crippen LogP contribution in [0.4, 0.5) is 0 Å². The van der Waals surface area contributed by atoms with Gasteiger partial charge in [0.05, 0.1) is 0 Å². The summed E-state index contributed by atoms with van der Waals surface area (Å²) in [5.41, 5.74) is 0. The average Bonchev–Trinajstić information content (AvgIpc) is 0. The third-order valence-electron chi connectivity index (χ3n) is 0. The van der Waals surface area contributed by atoms with E-state index in [0.29, 0.717) is 0 Å². The third kappa shape index (κ3) is 108. The van der Waals surface area contributed by atoms with Crippen LogP contribution in [-0.2, 0) is 147 Å². The fraction of sp³-hybridized carbons (Fsp3) is 0. The molecule has 0 saturated carbocycles.